The van der Waals surface area contributed by atoms with Gasteiger partial charge in [0.25, 0.3) is 0 Å². The number of hydrogen-bond donors (Lipinski definition) is 4. The second-order valence-corrected chi connectivity index (χ2v) is 7.12. The summed E-state index contributed by atoms with van der Waals surface area (Å²) in [5, 5.41) is 48.3. The number of aliphatic hydroxyl groups is 3. The number of halogens is 1. The molecular weight excluding hydrogens is 415 g/mol. The summed E-state index contributed by atoms with van der Waals surface area (Å²) in [7, 11) is 0. The molecule has 1 aliphatic heterocycles. The van der Waals surface area contributed by atoms with Crippen LogP contribution in [0, 0.1) is 12.7 Å². The lowest BCUT2D eigenvalue weighted by Gasteiger charge is -2.40. The number of aliphatic hydroxyl groups excluding tert-OH is 3. The van der Waals surface area contributed by atoms with Crippen molar-refractivity contribution in [3.63, 3.8) is 0 Å². The highest BCUT2D eigenvalue weighted by molar-refractivity contribution is 5.85. The van der Waals surface area contributed by atoms with Crippen molar-refractivity contribution >= 4 is 5.97 Å². The van der Waals surface area contributed by atoms with Crippen molar-refractivity contribution in [1.29, 1.82) is 0 Å². The van der Waals surface area contributed by atoms with Gasteiger partial charge in [-0.05, 0) is 19.1 Å². The number of carboxylic acids is 1. The van der Waals surface area contributed by atoms with Gasteiger partial charge in [-0.15, -0.1) is 5.10 Å². The quantitative estimate of drug-likeness (QED) is 0.444. The van der Waals surface area contributed by atoms with Gasteiger partial charge in [-0.1, -0.05) is 17.3 Å². The zero-order valence-electron chi connectivity index (χ0n) is 16.2. The van der Waals surface area contributed by atoms with Crippen LogP contribution in [0.1, 0.15) is 34.3 Å². The Kier molecular flexibility index (Phi) is 5.54. The van der Waals surface area contributed by atoms with Gasteiger partial charge < -0.3 is 29.6 Å². The molecule has 0 bridgehead atoms. The highest BCUT2D eigenvalue weighted by Gasteiger charge is 2.48. The number of benzene rings is 1. The minimum atomic E-state index is -1.49. The maximum Gasteiger partial charge on any atom is 0.373 e. The van der Waals surface area contributed by atoms with E-state index in [1.54, 1.807) is 6.07 Å². The molecule has 1 fully saturated rings. The summed E-state index contributed by atoms with van der Waals surface area (Å²) in [4.78, 5) is 15.3. The maximum absolute atomic E-state index is 13.5. The van der Waals surface area contributed by atoms with E-state index in [0.29, 0.717) is 11.3 Å². The monoisotopic (exact) mass is 434 g/mol. The molecule has 31 heavy (non-hydrogen) atoms. The van der Waals surface area contributed by atoms with Crippen LogP contribution in [0.25, 0.3) is 11.3 Å². The normalized spacial score (nSPS) is 26.2. The van der Waals surface area contributed by atoms with Gasteiger partial charge in [-0.2, -0.15) is 0 Å². The second kappa shape index (κ2) is 8.15. The van der Waals surface area contributed by atoms with Crippen molar-refractivity contribution < 1.29 is 38.8 Å². The van der Waals surface area contributed by atoms with Crippen LogP contribution in [-0.2, 0) is 4.74 Å². The molecule has 0 unspecified atom stereocenters. The molecule has 0 radical (unpaired) electrons. The van der Waals surface area contributed by atoms with E-state index in [1.807, 2.05) is 0 Å². The Morgan fingerprint density at radius 2 is 2.06 bits per heavy atom. The van der Waals surface area contributed by atoms with Gasteiger partial charge in [0.05, 0.1) is 18.5 Å². The third-order valence-corrected chi connectivity index (χ3v) is 5.08. The molecule has 0 spiro atoms. The first kappa shape index (κ1) is 21.1. The van der Waals surface area contributed by atoms with E-state index in [0.717, 1.165) is 0 Å². The largest absolute Gasteiger partial charge is 0.475 e. The van der Waals surface area contributed by atoms with Crippen LogP contribution in [0.3, 0.4) is 0 Å². The first-order valence-electron chi connectivity index (χ1n) is 9.31. The topological polar surface area (TPSA) is 164 Å². The summed E-state index contributed by atoms with van der Waals surface area (Å²) in [6.07, 6.45) is -3.92. The molecule has 0 saturated carbocycles. The molecule has 3 aromatic rings. The Morgan fingerprint density at radius 3 is 2.71 bits per heavy atom. The summed E-state index contributed by atoms with van der Waals surface area (Å²) >= 11 is 0. The molecule has 0 aliphatic carbocycles. The van der Waals surface area contributed by atoms with Crippen molar-refractivity contribution in [3.8, 4) is 11.3 Å². The average molecular weight is 434 g/mol. The number of ether oxygens (including phenoxy) is 1. The summed E-state index contributed by atoms with van der Waals surface area (Å²) < 4.78 is 25.5. The van der Waals surface area contributed by atoms with Gasteiger partial charge in [0, 0.05) is 5.56 Å². The lowest BCUT2D eigenvalue weighted by molar-refractivity contribution is -0.213. The van der Waals surface area contributed by atoms with Crippen molar-refractivity contribution in [1.82, 2.24) is 20.0 Å². The zero-order valence-corrected chi connectivity index (χ0v) is 16.2. The molecule has 11 nitrogen and oxygen atoms in total. The highest BCUT2D eigenvalue weighted by atomic mass is 19.1. The molecule has 2 aromatic heterocycles. The molecule has 0 amide bonds. The number of nitrogens with zero attached hydrogens (tertiary/aromatic N) is 4. The van der Waals surface area contributed by atoms with E-state index >= 15 is 0 Å². The van der Waals surface area contributed by atoms with Crippen LogP contribution in [0.4, 0.5) is 4.39 Å². The highest BCUT2D eigenvalue weighted by Crippen LogP contribution is 2.38. The van der Waals surface area contributed by atoms with Crippen LogP contribution in [0.2, 0.25) is 0 Å². The Hall–Kier alpha value is -3.19. The van der Waals surface area contributed by atoms with E-state index in [1.165, 1.54) is 36.0 Å². The van der Waals surface area contributed by atoms with Crippen LogP contribution >= 0.6 is 0 Å². The lowest BCUT2D eigenvalue weighted by Crippen LogP contribution is -2.52. The van der Waals surface area contributed by atoms with Crippen molar-refractivity contribution in [2.45, 2.75) is 37.4 Å². The zero-order chi connectivity index (χ0) is 22.3. The average Bonchev–Trinajstić information content (AvgIpc) is 3.35. The van der Waals surface area contributed by atoms with Gasteiger partial charge >= 0.3 is 5.97 Å². The molecule has 12 heteroatoms. The fourth-order valence-corrected chi connectivity index (χ4v) is 3.56. The van der Waals surface area contributed by atoms with Crippen molar-refractivity contribution in [2.24, 2.45) is 0 Å². The Balaban J connectivity index is 1.69. The Labute approximate surface area is 174 Å². The lowest BCUT2D eigenvalue weighted by atomic mass is 9.92. The van der Waals surface area contributed by atoms with Gasteiger partial charge in [0.15, 0.2) is 6.10 Å². The van der Waals surface area contributed by atoms with E-state index in [4.69, 9.17) is 9.15 Å². The molecular formula is C19H19FN4O7. The minimum absolute atomic E-state index is 0.0793. The van der Waals surface area contributed by atoms with Gasteiger partial charge in [0.2, 0.25) is 11.7 Å². The molecule has 4 rings (SSSR count). The van der Waals surface area contributed by atoms with Crippen molar-refractivity contribution in [3.05, 3.63) is 53.6 Å². The number of aromatic nitrogens is 4. The Morgan fingerprint density at radius 1 is 1.29 bits per heavy atom. The number of oxazole rings is 1. The van der Waals surface area contributed by atoms with Gasteiger partial charge in [-0.3, -0.25) is 0 Å². The van der Waals surface area contributed by atoms with Crippen LogP contribution in [0.15, 0.2) is 34.9 Å². The molecule has 5 atom stereocenters. The number of aryl methyl sites for hydroxylation is 1. The molecule has 4 N–H and O–H groups in total. The molecule has 1 aliphatic rings. The number of carboxylic acid groups (broad SMARTS) is 1. The number of aromatic carboxylic acids is 1. The third kappa shape index (κ3) is 3.81. The first-order valence-corrected chi connectivity index (χ1v) is 9.31. The fraction of sp³-hybridized carbons (Fsp3) is 0.368. The van der Waals surface area contributed by atoms with E-state index < -0.39 is 54.6 Å². The fourth-order valence-electron chi connectivity index (χ4n) is 3.56. The number of rotatable bonds is 5. The Bertz CT molecular complexity index is 1100. The third-order valence-electron chi connectivity index (χ3n) is 5.08. The van der Waals surface area contributed by atoms with E-state index in [-0.39, 0.29) is 11.6 Å². The predicted molar refractivity (Wildman–Crippen MR) is 99.4 cm³/mol. The molecule has 1 aromatic carbocycles. The smallest absolute Gasteiger partial charge is 0.373 e. The molecule has 3 heterocycles. The summed E-state index contributed by atoms with van der Waals surface area (Å²) in [5.41, 5.74) is 0.810. The molecule has 164 valence electrons. The number of hydrogen-bond acceptors (Lipinski definition) is 9. The summed E-state index contributed by atoms with van der Waals surface area (Å²) in [6, 6.07) is 4.51. The van der Waals surface area contributed by atoms with Crippen LogP contribution < -0.4 is 0 Å². The SMILES string of the molecule is Cc1nc([C@@H]2O[C@H](CO)[C@H](O)[C@H](n3cc(-c4cccc(F)c4)nn3)[C@H]2O)oc1C(=O)O. The van der Waals surface area contributed by atoms with Gasteiger partial charge in [-0.25, -0.2) is 18.9 Å². The second-order valence-electron chi connectivity index (χ2n) is 7.12. The van der Waals surface area contributed by atoms with E-state index in [2.05, 4.69) is 15.3 Å². The minimum Gasteiger partial charge on any atom is -0.475 e. The maximum atomic E-state index is 13.5. The number of carbonyl (C=O) groups is 1. The standard InChI is InChI=1S/C19H19FN4O7/c1-8-16(19(28)29)31-18(21-8)17-15(27)13(14(26)12(7-25)30-17)24-6-11(22-23-24)9-3-2-4-10(20)5-9/h2-6,12-15,17,25-27H,7H2,1H3,(H,28,29)/t12-,13+,14+,15-,17-/m1/s1. The van der Waals surface area contributed by atoms with Gasteiger partial charge in [0.1, 0.15) is 35.9 Å². The summed E-state index contributed by atoms with van der Waals surface area (Å²) in [5.74, 6) is -2.44. The summed E-state index contributed by atoms with van der Waals surface area (Å²) in [6.45, 7) is 0.821. The van der Waals surface area contributed by atoms with Crippen LogP contribution in [0.5, 0.6) is 0 Å². The van der Waals surface area contributed by atoms with Crippen LogP contribution in [-0.4, -0.2) is 71.3 Å². The van der Waals surface area contributed by atoms with Crippen molar-refractivity contribution in [2.75, 3.05) is 6.61 Å². The predicted octanol–water partition coefficient (Wildman–Crippen LogP) is 0.474. The van der Waals surface area contributed by atoms with E-state index in [9.17, 15) is 29.6 Å². The first-order chi connectivity index (χ1) is 14.8. The molecule has 1 saturated heterocycles.